The maximum absolute atomic E-state index is 5.02. The van der Waals surface area contributed by atoms with Crippen LogP contribution in [0.15, 0.2) is 97.1 Å². The van der Waals surface area contributed by atoms with Gasteiger partial charge in [0.1, 0.15) is 5.82 Å². The first-order chi connectivity index (χ1) is 14.9. The van der Waals surface area contributed by atoms with Crippen LogP contribution in [0.3, 0.4) is 0 Å². The Bertz CT molecular complexity index is 1530. The zero-order valence-electron chi connectivity index (χ0n) is 16.2. The second kappa shape index (κ2) is 5.74. The molecule has 1 atom stereocenters. The van der Waals surface area contributed by atoms with E-state index in [0.717, 1.165) is 28.1 Å². The van der Waals surface area contributed by atoms with Gasteiger partial charge in [0.05, 0.1) is 22.1 Å². The molecule has 4 heteroatoms. The number of nitrogens with zero attached hydrogens (tertiary/aromatic N) is 3. The fourth-order valence-corrected chi connectivity index (χ4v) is 4.89. The summed E-state index contributed by atoms with van der Waals surface area (Å²) in [6.45, 7) is 0. The zero-order valence-corrected chi connectivity index (χ0v) is 16.2. The van der Waals surface area contributed by atoms with Gasteiger partial charge in [-0.2, -0.15) is 0 Å². The van der Waals surface area contributed by atoms with E-state index in [-0.39, 0.29) is 6.29 Å². The molecule has 1 aliphatic rings. The van der Waals surface area contributed by atoms with Crippen molar-refractivity contribution in [3.8, 4) is 11.4 Å². The molecule has 0 bridgehead atoms. The Hall–Kier alpha value is -4.05. The molecule has 0 amide bonds. The summed E-state index contributed by atoms with van der Waals surface area (Å²) in [7, 11) is 0. The lowest BCUT2D eigenvalue weighted by molar-refractivity contribution is 0.520. The number of fused-ring (bicyclic) bond motifs is 8. The summed E-state index contributed by atoms with van der Waals surface area (Å²) in [4.78, 5) is 5.02. The van der Waals surface area contributed by atoms with Crippen LogP contribution in [0.1, 0.15) is 6.29 Å². The van der Waals surface area contributed by atoms with E-state index in [4.69, 9.17) is 4.98 Å². The zero-order chi connectivity index (χ0) is 19.7. The van der Waals surface area contributed by atoms with Crippen molar-refractivity contribution in [2.24, 2.45) is 0 Å². The molecule has 0 fully saturated rings. The smallest absolute Gasteiger partial charge is 0.188 e. The highest BCUT2D eigenvalue weighted by Crippen LogP contribution is 2.41. The second-order valence-electron chi connectivity index (χ2n) is 7.76. The van der Waals surface area contributed by atoms with Gasteiger partial charge in [0.2, 0.25) is 0 Å². The average Bonchev–Trinajstić information content (AvgIpc) is 3.35. The number of rotatable bonds is 1. The highest BCUT2D eigenvalue weighted by atomic mass is 15.4. The molecular weight excluding hydrogens is 368 g/mol. The van der Waals surface area contributed by atoms with E-state index in [9.17, 15) is 0 Å². The van der Waals surface area contributed by atoms with Crippen molar-refractivity contribution in [1.82, 2.24) is 14.1 Å². The fraction of sp³-hybridized carbons (Fsp3) is 0.0385. The van der Waals surface area contributed by atoms with Gasteiger partial charge in [-0.15, -0.1) is 0 Å². The molecule has 0 saturated carbocycles. The Balaban J connectivity index is 1.63. The first kappa shape index (κ1) is 15.8. The molecule has 1 N–H and O–H groups in total. The molecule has 0 radical (unpaired) electrons. The van der Waals surface area contributed by atoms with Crippen LogP contribution in [0.25, 0.3) is 44.2 Å². The van der Waals surface area contributed by atoms with Gasteiger partial charge >= 0.3 is 0 Å². The largest absolute Gasteiger partial charge is 0.347 e. The van der Waals surface area contributed by atoms with Crippen molar-refractivity contribution in [3.63, 3.8) is 0 Å². The minimum absolute atomic E-state index is 0.118. The summed E-state index contributed by atoms with van der Waals surface area (Å²) >= 11 is 0. The first-order valence-corrected chi connectivity index (χ1v) is 10.2. The third-order valence-electron chi connectivity index (χ3n) is 6.15. The molecule has 30 heavy (non-hydrogen) atoms. The molecule has 0 aliphatic carbocycles. The number of hydrogen-bond donors (Lipinski definition) is 1. The van der Waals surface area contributed by atoms with Crippen molar-refractivity contribution in [2.45, 2.75) is 6.29 Å². The summed E-state index contributed by atoms with van der Waals surface area (Å²) in [6.07, 6.45) is -0.118. The van der Waals surface area contributed by atoms with E-state index >= 15 is 0 Å². The lowest BCUT2D eigenvalue weighted by atomic mass is 10.1. The summed E-state index contributed by atoms with van der Waals surface area (Å²) in [5.41, 5.74) is 6.79. The normalized spacial score (nSPS) is 15.3. The van der Waals surface area contributed by atoms with Crippen LogP contribution in [0.5, 0.6) is 0 Å². The molecule has 4 nitrogen and oxygen atoms in total. The SMILES string of the molecule is c1ccc2c(c1)NC(n1c3ccccc3c3ccccc31)n1c-2nc2ccccc21. The maximum Gasteiger partial charge on any atom is 0.188 e. The van der Waals surface area contributed by atoms with E-state index < -0.39 is 0 Å². The quantitative estimate of drug-likeness (QED) is 0.363. The monoisotopic (exact) mass is 386 g/mol. The van der Waals surface area contributed by atoms with Crippen molar-refractivity contribution in [3.05, 3.63) is 97.1 Å². The minimum Gasteiger partial charge on any atom is -0.347 e. The van der Waals surface area contributed by atoms with Crippen LogP contribution in [0.4, 0.5) is 5.69 Å². The fourth-order valence-electron chi connectivity index (χ4n) is 4.89. The van der Waals surface area contributed by atoms with Crippen LogP contribution < -0.4 is 5.32 Å². The highest BCUT2D eigenvalue weighted by Gasteiger charge is 2.29. The van der Waals surface area contributed by atoms with Crippen molar-refractivity contribution < 1.29 is 0 Å². The standard InChI is InChI=1S/C26H18N4/c1-4-12-20-19(11-1)25-27-21-13-5-8-16-24(21)30(25)26(28-20)29-22-14-6-2-9-17(22)18-10-3-7-15-23(18)29/h1-16,26,28H. The third kappa shape index (κ3) is 1.97. The summed E-state index contributed by atoms with van der Waals surface area (Å²) in [5.74, 6) is 0.998. The average molecular weight is 386 g/mol. The van der Waals surface area contributed by atoms with Gasteiger partial charge < -0.3 is 9.88 Å². The van der Waals surface area contributed by atoms with E-state index in [1.807, 2.05) is 0 Å². The molecule has 1 aliphatic heterocycles. The molecule has 1 unspecified atom stereocenters. The topological polar surface area (TPSA) is 34.8 Å². The molecule has 2 aromatic heterocycles. The van der Waals surface area contributed by atoms with Gasteiger partial charge in [-0.25, -0.2) is 4.98 Å². The van der Waals surface area contributed by atoms with Crippen LogP contribution in [0, 0.1) is 0 Å². The molecule has 6 aromatic rings. The molecule has 142 valence electrons. The lowest BCUT2D eigenvalue weighted by Gasteiger charge is -2.32. The Morgan fingerprint density at radius 1 is 0.600 bits per heavy atom. The molecule has 0 spiro atoms. The van der Waals surface area contributed by atoms with Crippen LogP contribution in [-0.4, -0.2) is 14.1 Å². The molecular formula is C26H18N4. The van der Waals surface area contributed by atoms with E-state index in [0.29, 0.717) is 0 Å². The second-order valence-corrected chi connectivity index (χ2v) is 7.76. The molecule has 4 aromatic carbocycles. The number of para-hydroxylation sites is 5. The molecule has 7 rings (SSSR count). The van der Waals surface area contributed by atoms with Gasteiger partial charge in [0.15, 0.2) is 6.29 Å². The van der Waals surface area contributed by atoms with E-state index in [2.05, 4.69) is 112 Å². The Labute approximate surface area is 173 Å². The first-order valence-electron chi connectivity index (χ1n) is 10.2. The van der Waals surface area contributed by atoms with Crippen molar-refractivity contribution >= 4 is 38.5 Å². The van der Waals surface area contributed by atoms with E-state index in [1.165, 1.54) is 21.8 Å². The highest BCUT2D eigenvalue weighted by molar-refractivity contribution is 6.08. The Kier molecular flexibility index (Phi) is 3.03. The predicted octanol–water partition coefficient (Wildman–Crippen LogP) is 6.24. The minimum atomic E-state index is -0.118. The lowest BCUT2D eigenvalue weighted by Crippen LogP contribution is -2.29. The third-order valence-corrected chi connectivity index (χ3v) is 6.15. The number of hydrogen-bond acceptors (Lipinski definition) is 2. The van der Waals surface area contributed by atoms with Crippen LogP contribution >= 0.6 is 0 Å². The Morgan fingerprint density at radius 3 is 1.97 bits per heavy atom. The van der Waals surface area contributed by atoms with Gasteiger partial charge in [0, 0.05) is 22.0 Å². The van der Waals surface area contributed by atoms with Gasteiger partial charge in [-0.3, -0.25) is 4.57 Å². The predicted molar refractivity (Wildman–Crippen MR) is 123 cm³/mol. The van der Waals surface area contributed by atoms with Crippen LogP contribution in [0.2, 0.25) is 0 Å². The van der Waals surface area contributed by atoms with Gasteiger partial charge in [-0.1, -0.05) is 60.7 Å². The number of imidazole rings is 1. The summed E-state index contributed by atoms with van der Waals surface area (Å²) in [6, 6.07) is 34.1. The number of aromatic nitrogens is 3. The summed E-state index contributed by atoms with van der Waals surface area (Å²) < 4.78 is 4.73. The van der Waals surface area contributed by atoms with Crippen molar-refractivity contribution in [1.29, 1.82) is 0 Å². The number of anilines is 1. The number of nitrogens with one attached hydrogen (secondary N) is 1. The maximum atomic E-state index is 5.02. The molecule has 3 heterocycles. The summed E-state index contributed by atoms with van der Waals surface area (Å²) in [5, 5.41) is 6.33. The Morgan fingerprint density at radius 2 is 1.20 bits per heavy atom. The number of benzene rings is 4. The van der Waals surface area contributed by atoms with Crippen molar-refractivity contribution in [2.75, 3.05) is 5.32 Å². The molecule has 0 saturated heterocycles. The van der Waals surface area contributed by atoms with Crippen LogP contribution in [-0.2, 0) is 0 Å². The van der Waals surface area contributed by atoms with E-state index in [1.54, 1.807) is 0 Å². The van der Waals surface area contributed by atoms with Gasteiger partial charge in [0.25, 0.3) is 0 Å². The van der Waals surface area contributed by atoms with Gasteiger partial charge in [-0.05, 0) is 36.4 Å².